The van der Waals surface area contributed by atoms with Gasteiger partial charge in [0.25, 0.3) is 0 Å². The minimum absolute atomic E-state index is 0.219. The second kappa shape index (κ2) is 7.34. The molecule has 0 aliphatic heterocycles. The van der Waals surface area contributed by atoms with Crippen molar-refractivity contribution in [3.05, 3.63) is 23.8 Å². The Morgan fingerprint density at radius 2 is 2.00 bits per heavy atom. The lowest BCUT2D eigenvalue weighted by molar-refractivity contribution is 0.200. The molecule has 4 heteroatoms. The summed E-state index contributed by atoms with van der Waals surface area (Å²) in [6.07, 6.45) is 5.62. The number of hydrogen-bond donors (Lipinski definition) is 1. The van der Waals surface area contributed by atoms with E-state index in [0.717, 1.165) is 35.6 Å². The average Bonchev–Trinajstić information content (AvgIpc) is 2.97. The minimum Gasteiger partial charge on any atom is -0.493 e. The van der Waals surface area contributed by atoms with Crippen LogP contribution in [0.3, 0.4) is 0 Å². The van der Waals surface area contributed by atoms with Gasteiger partial charge in [-0.15, -0.1) is 0 Å². The van der Waals surface area contributed by atoms with Crippen molar-refractivity contribution in [1.82, 2.24) is 0 Å². The van der Waals surface area contributed by atoms with Crippen molar-refractivity contribution in [2.75, 3.05) is 7.11 Å². The molecule has 1 saturated carbocycles. The molecule has 21 heavy (non-hydrogen) atoms. The van der Waals surface area contributed by atoms with E-state index < -0.39 is 0 Å². The lowest BCUT2D eigenvalue weighted by Gasteiger charge is -2.17. The van der Waals surface area contributed by atoms with E-state index in [1.807, 2.05) is 32.0 Å². The van der Waals surface area contributed by atoms with Crippen LogP contribution in [0.25, 0.3) is 0 Å². The van der Waals surface area contributed by atoms with Gasteiger partial charge in [0.05, 0.1) is 18.9 Å². The number of nitrogens with zero attached hydrogens (tertiary/aromatic N) is 1. The third kappa shape index (κ3) is 4.13. The Labute approximate surface area is 126 Å². The average molecular weight is 291 g/mol. The van der Waals surface area contributed by atoms with Crippen LogP contribution in [0.2, 0.25) is 0 Å². The summed E-state index contributed by atoms with van der Waals surface area (Å²) in [5.74, 6) is 1.77. The fraction of sp³-hybridized carbons (Fsp3) is 0.588. The molecule has 0 saturated heterocycles. The molecule has 0 heterocycles. The van der Waals surface area contributed by atoms with E-state index in [4.69, 9.17) is 14.7 Å². The van der Waals surface area contributed by atoms with Crippen LogP contribution in [-0.4, -0.2) is 24.1 Å². The van der Waals surface area contributed by atoms with Gasteiger partial charge < -0.3 is 14.7 Å². The Balaban J connectivity index is 2.16. The molecular formula is C17H25NO3. The molecule has 1 aromatic carbocycles. The molecule has 0 unspecified atom stereocenters. The predicted molar refractivity (Wildman–Crippen MR) is 83.6 cm³/mol. The van der Waals surface area contributed by atoms with Crippen molar-refractivity contribution < 1.29 is 14.7 Å². The lowest BCUT2D eigenvalue weighted by atomic mass is 10.00. The first-order valence-electron chi connectivity index (χ1n) is 7.68. The number of rotatable bonds is 6. The van der Waals surface area contributed by atoms with Crippen LogP contribution in [0.1, 0.15) is 45.1 Å². The molecule has 0 atom stereocenters. The van der Waals surface area contributed by atoms with Gasteiger partial charge in [-0.2, -0.15) is 0 Å². The number of ether oxygens (including phenoxy) is 2. The smallest absolute Gasteiger partial charge is 0.161 e. The maximum atomic E-state index is 9.09. The van der Waals surface area contributed by atoms with Gasteiger partial charge in [0.15, 0.2) is 11.5 Å². The second-order valence-corrected chi connectivity index (χ2v) is 5.93. The van der Waals surface area contributed by atoms with Gasteiger partial charge in [0, 0.05) is 6.42 Å². The van der Waals surface area contributed by atoms with Gasteiger partial charge in [-0.05, 0) is 49.3 Å². The summed E-state index contributed by atoms with van der Waals surface area (Å²) in [6.45, 7) is 4.04. The number of methoxy groups -OCH3 is 1. The maximum Gasteiger partial charge on any atom is 0.161 e. The predicted octanol–water partition coefficient (Wildman–Crippen LogP) is 4.05. The molecular weight excluding hydrogens is 266 g/mol. The molecule has 1 aromatic rings. The molecule has 1 N–H and O–H groups in total. The van der Waals surface area contributed by atoms with Crippen LogP contribution >= 0.6 is 0 Å². The van der Waals surface area contributed by atoms with Crippen molar-refractivity contribution in [3.8, 4) is 11.5 Å². The monoisotopic (exact) mass is 291 g/mol. The van der Waals surface area contributed by atoms with Crippen LogP contribution in [0.4, 0.5) is 0 Å². The molecule has 1 aliphatic rings. The lowest BCUT2D eigenvalue weighted by Crippen LogP contribution is -2.13. The molecule has 0 spiro atoms. The second-order valence-electron chi connectivity index (χ2n) is 5.93. The third-order valence-corrected chi connectivity index (χ3v) is 4.00. The molecule has 0 amide bonds. The molecule has 2 rings (SSSR count). The van der Waals surface area contributed by atoms with E-state index in [1.54, 1.807) is 7.11 Å². The zero-order chi connectivity index (χ0) is 15.2. The normalized spacial score (nSPS) is 16.5. The van der Waals surface area contributed by atoms with Crippen LogP contribution < -0.4 is 9.47 Å². The van der Waals surface area contributed by atoms with Gasteiger partial charge in [-0.3, -0.25) is 0 Å². The van der Waals surface area contributed by atoms with Gasteiger partial charge in [-0.25, -0.2) is 0 Å². The summed E-state index contributed by atoms with van der Waals surface area (Å²) in [5.41, 5.74) is 1.84. The van der Waals surface area contributed by atoms with Gasteiger partial charge >= 0.3 is 0 Å². The first-order chi connectivity index (χ1) is 10.1. The van der Waals surface area contributed by atoms with Gasteiger partial charge in [-0.1, -0.05) is 25.1 Å². The first-order valence-corrected chi connectivity index (χ1v) is 7.68. The first kappa shape index (κ1) is 15.7. The van der Waals surface area contributed by atoms with Crippen molar-refractivity contribution >= 4 is 5.71 Å². The van der Waals surface area contributed by atoms with Crippen molar-refractivity contribution in [1.29, 1.82) is 0 Å². The summed E-state index contributed by atoms with van der Waals surface area (Å²) >= 11 is 0. The van der Waals surface area contributed by atoms with E-state index in [1.165, 1.54) is 12.8 Å². The van der Waals surface area contributed by atoms with Crippen LogP contribution in [-0.2, 0) is 6.42 Å². The molecule has 1 fully saturated rings. The topological polar surface area (TPSA) is 51.0 Å². The summed E-state index contributed by atoms with van der Waals surface area (Å²) in [5, 5.41) is 12.5. The van der Waals surface area contributed by atoms with E-state index in [9.17, 15) is 0 Å². The Bertz CT molecular complexity index is 491. The van der Waals surface area contributed by atoms with Gasteiger partial charge in [0.1, 0.15) is 0 Å². The SMILES string of the molecule is COc1ccc(C/C(=N\O)C(C)C)cc1OC1CCCC1. The summed E-state index contributed by atoms with van der Waals surface area (Å²) < 4.78 is 11.5. The van der Waals surface area contributed by atoms with Crippen LogP contribution in [0, 0.1) is 5.92 Å². The summed E-state index contributed by atoms with van der Waals surface area (Å²) in [7, 11) is 1.66. The number of benzene rings is 1. The summed E-state index contributed by atoms with van der Waals surface area (Å²) in [4.78, 5) is 0. The summed E-state index contributed by atoms with van der Waals surface area (Å²) in [6, 6.07) is 5.92. The van der Waals surface area contributed by atoms with Crippen LogP contribution in [0.5, 0.6) is 11.5 Å². The third-order valence-electron chi connectivity index (χ3n) is 4.00. The van der Waals surface area contributed by atoms with Crippen LogP contribution in [0.15, 0.2) is 23.4 Å². The van der Waals surface area contributed by atoms with Crippen molar-refractivity contribution in [3.63, 3.8) is 0 Å². The van der Waals surface area contributed by atoms with E-state index in [2.05, 4.69) is 5.16 Å². The Morgan fingerprint density at radius 3 is 2.57 bits per heavy atom. The van der Waals surface area contributed by atoms with Crippen molar-refractivity contribution in [2.24, 2.45) is 11.1 Å². The van der Waals surface area contributed by atoms with E-state index in [-0.39, 0.29) is 5.92 Å². The van der Waals surface area contributed by atoms with Crippen molar-refractivity contribution in [2.45, 2.75) is 52.1 Å². The fourth-order valence-electron chi connectivity index (χ4n) is 2.67. The largest absolute Gasteiger partial charge is 0.493 e. The molecule has 1 aliphatic carbocycles. The van der Waals surface area contributed by atoms with E-state index >= 15 is 0 Å². The minimum atomic E-state index is 0.219. The fourth-order valence-corrected chi connectivity index (χ4v) is 2.67. The zero-order valence-corrected chi connectivity index (χ0v) is 13.1. The highest BCUT2D eigenvalue weighted by molar-refractivity contribution is 5.87. The number of oxime groups is 1. The molecule has 0 aromatic heterocycles. The Hall–Kier alpha value is -1.71. The highest BCUT2D eigenvalue weighted by Crippen LogP contribution is 2.32. The molecule has 4 nitrogen and oxygen atoms in total. The van der Waals surface area contributed by atoms with E-state index in [0.29, 0.717) is 12.5 Å². The quantitative estimate of drug-likeness (QED) is 0.489. The molecule has 0 radical (unpaired) electrons. The molecule has 116 valence electrons. The Kier molecular flexibility index (Phi) is 5.48. The molecule has 0 bridgehead atoms. The Morgan fingerprint density at radius 1 is 1.29 bits per heavy atom. The maximum absolute atomic E-state index is 9.09. The zero-order valence-electron chi connectivity index (χ0n) is 13.1. The van der Waals surface area contributed by atoms with Gasteiger partial charge in [0.2, 0.25) is 0 Å². The highest BCUT2D eigenvalue weighted by atomic mass is 16.5. The standard InChI is InChI=1S/C17H25NO3/c1-12(2)15(18-19)10-13-8-9-16(20-3)17(11-13)21-14-6-4-5-7-14/h8-9,11-12,14,19H,4-7,10H2,1-3H3/b18-15+. The highest BCUT2D eigenvalue weighted by Gasteiger charge is 2.19. The number of hydrogen-bond acceptors (Lipinski definition) is 4.